The summed E-state index contributed by atoms with van der Waals surface area (Å²) in [5.74, 6) is 0.0177. The van der Waals surface area contributed by atoms with Gasteiger partial charge in [-0.2, -0.15) is 0 Å². The number of hydrogen-bond donors (Lipinski definition) is 2. The van der Waals surface area contributed by atoms with Crippen molar-refractivity contribution in [3.05, 3.63) is 48.0 Å². The Morgan fingerprint density at radius 3 is 2.63 bits per heavy atom. The fraction of sp³-hybridized carbons (Fsp3) is 0.231. The molecule has 0 amide bonds. The minimum atomic E-state index is -0.350. The van der Waals surface area contributed by atoms with Crippen LogP contribution in [-0.4, -0.2) is 25.6 Å². The van der Waals surface area contributed by atoms with Crippen molar-refractivity contribution >= 4 is 35.9 Å². The first kappa shape index (κ1) is 17.4. The Hall–Kier alpha value is -1.57. The van der Waals surface area contributed by atoms with Crippen LogP contribution >= 0.6 is 24.0 Å². The quantitative estimate of drug-likeness (QED) is 0.270. The van der Waals surface area contributed by atoms with Crippen molar-refractivity contribution in [2.75, 3.05) is 13.7 Å². The second kappa shape index (κ2) is 9.37. The smallest absolute Gasteiger partial charge is 0.337 e. The highest BCUT2D eigenvalue weighted by atomic mass is 127. The SMILES string of the molecule is C=CCNC(N)=NCc1ccc(C(=O)OC)cc1.I. The number of ether oxygens (including phenoxy) is 1. The van der Waals surface area contributed by atoms with Gasteiger partial charge in [-0.05, 0) is 17.7 Å². The Bertz CT molecular complexity index is 444. The van der Waals surface area contributed by atoms with Crippen LogP contribution in [0.4, 0.5) is 0 Å². The molecule has 0 saturated carbocycles. The minimum Gasteiger partial charge on any atom is -0.465 e. The molecule has 1 aromatic rings. The minimum absolute atomic E-state index is 0. The third kappa shape index (κ3) is 6.23. The van der Waals surface area contributed by atoms with Gasteiger partial charge >= 0.3 is 5.97 Å². The summed E-state index contributed by atoms with van der Waals surface area (Å²) in [5, 5.41) is 2.88. The zero-order chi connectivity index (χ0) is 13.4. The molecule has 1 aromatic carbocycles. The number of carbonyl (C=O) groups excluding carboxylic acids is 1. The van der Waals surface area contributed by atoms with Gasteiger partial charge in [0.1, 0.15) is 0 Å². The molecule has 0 spiro atoms. The van der Waals surface area contributed by atoms with Crippen LogP contribution in [0.3, 0.4) is 0 Å². The highest BCUT2D eigenvalue weighted by Crippen LogP contribution is 2.06. The van der Waals surface area contributed by atoms with Crippen molar-refractivity contribution in [1.29, 1.82) is 0 Å². The monoisotopic (exact) mass is 375 g/mol. The first-order valence-electron chi connectivity index (χ1n) is 5.49. The number of nitrogens with one attached hydrogen (secondary N) is 1. The lowest BCUT2D eigenvalue weighted by Crippen LogP contribution is -2.31. The Morgan fingerprint density at radius 1 is 1.47 bits per heavy atom. The van der Waals surface area contributed by atoms with Crippen molar-refractivity contribution in [3.63, 3.8) is 0 Å². The van der Waals surface area contributed by atoms with E-state index in [0.29, 0.717) is 24.6 Å². The normalized spacial score (nSPS) is 10.3. The molecular formula is C13H18IN3O2. The lowest BCUT2D eigenvalue weighted by Gasteiger charge is -2.03. The van der Waals surface area contributed by atoms with Crippen LogP contribution in [-0.2, 0) is 11.3 Å². The van der Waals surface area contributed by atoms with Gasteiger partial charge in [0, 0.05) is 6.54 Å². The molecule has 3 N–H and O–H groups in total. The standard InChI is InChI=1S/C13H17N3O2.HI/c1-3-8-15-13(14)16-9-10-4-6-11(7-5-10)12(17)18-2;/h3-7H,1,8-9H2,2H3,(H3,14,15,16);1H. The van der Waals surface area contributed by atoms with Gasteiger partial charge in [0.15, 0.2) is 5.96 Å². The lowest BCUT2D eigenvalue weighted by molar-refractivity contribution is 0.0600. The van der Waals surface area contributed by atoms with Gasteiger partial charge in [-0.15, -0.1) is 30.6 Å². The summed E-state index contributed by atoms with van der Waals surface area (Å²) in [4.78, 5) is 15.4. The van der Waals surface area contributed by atoms with E-state index in [1.165, 1.54) is 7.11 Å². The average molecular weight is 375 g/mol. The summed E-state index contributed by atoms with van der Waals surface area (Å²) in [6, 6.07) is 7.03. The van der Waals surface area contributed by atoms with Gasteiger partial charge in [-0.25, -0.2) is 9.79 Å². The molecule has 0 radical (unpaired) electrons. The summed E-state index contributed by atoms with van der Waals surface area (Å²) < 4.78 is 4.61. The van der Waals surface area contributed by atoms with Crippen LogP contribution in [0.5, 0.6) is 0 Å². The Labute approximate surface area is 130 Å². The first-order valence-corrected chi connectivity index (χ1v) is 5.49. The van der Waals surface area contributed by atoms with Gasteiger partial charge in [-0.1, -0.05) is 18.2 Å². The highest BCUT2D eigenvalue weighted by molar-refractivity contribution is 14.0. The predicted octanol–water partition coefficient (Wildman–Crippen LogP) is 1.68. The van der Waals surface area contributed by atoms with E-state index >= 15 is 0 Å². The van der Waals surface area contributed by atoms with E-state index in [2.05, 4.69) is 21.6 Å². The summed E-state index contributed by atoms with van der Waals surface area (Å²) in [6.45, 7) is 4.60. The molecule has 0 aliphatic rings. The number of esters is 1. The molecule has 5 nitrogen and oxygen atoms in total. The molecule has 19 heavy (non-hydrogen) atoms. The van der Waals surface area contributed by atoms with Crippen LogP contribution in [0.25, 0.3) is 0 Å². The second-order valence-corrected chi connectivity index (χ2v) is 3.56. The molecule has 0 heterocycles. The van der Waals surface area contributed by atoms with Crippen molar-refractivity contribution in [2.45, 2.75) is 6.54 Å². The zero-order valence-corrected chi connectivity index (χ0v) is 13.1. The van der Waals surface area contributed by atoms with Gasteiger partial charge in [0.2, 0.25) is 0 Å². The molecule has 0 fully saturated rings. The molecule has 0 atom stereocenters. The number of aliphatic imine (C=N–C) groups is 1. The number of methoxy groups -OCH3 is 1. The summed E-state index contributed by atoms with van der Waals surface area (Å²) in [7, 11) is 1.35. The number of halogens is 1. The second-order valence-electron chi connectivity index (χ2n) is 3.56. The molecule has 0 unspecified atom stereocenters. The number of hydrogen-bond acceptors (Lipinski definition) is 3. The average Bonchev–Trinajstić information content (AvgIpc) is 2.42. The molecule has 6 heteroatoms. The Balaban J connectivity index is 0.00000324. The van der Waals surface area contributed by atoms with Crippen LogP contribution in [0.2, 0.25) is 0 Å². The van der Waals surface area contributed by atoms with E-state index in [1.54, 1.807) is 18.2 Å². The van der Waals surface area contributed by atoms with Crippen molar-refractivity contribution < 1.29 is 9.53 Å². The molecule has 104 valence electrons. The van der Waals surface area contributed by atoms with Crippen molar-refractivity contribution in [3.8, 4) is 0 Å². The number of guanidine groups is 1. The van der Waals surface area contributed by atoms with Crippen LogP contribution in [0.15, 0.2) is 41.9 Å². The highest BCUT2D eigenvalue weighted by Gasteiger charge is 2.03. The Morgan fingerprint density at radius 2 is 2.11 bits per heavy atom. The lowest BCUT2D eigenvalue weighted by atomic mass is 10.1. The van der Waals surface area contributed by atoms with E-state index in [0.717, 1.165) is 5.56 Å². The molecule has 0 saturated heterocycles. The maximum Gasteiger partial charge on any atom is 0.337 e. The molecular weight excluding hydrogens is 357 g/mol. The molecule has 0 aliphatic heterocycles. The number of nitrogens with zero attached hydrogens (tertiary/aromatic N) is 1. The largest absolute Gasteiger partial charge is 0.465 e. The number of rotatable bonds is 5. The first-order chi connectivity index (χ1) is 8.67. The molecule has 0 bridgehead atoms. The molecule has 1 rings (SSSR count). The summed E-state index contributed by atoms with van der Waals surface area (Å²) >= 11 is 0. The number of benzene rings is 1. The van der Waals surface area contributed by atoms with Gasteiger partial charge in [0.25, 0.3) is 0 Å². The van der Waals surface area contributed by atoms with E-state index in [1.807, 2.05) is 12.1 Å². The third-order valence-corrected chi connectivity index (χ3v) is 2.23. The van der Waals surface area contributed by atoms with E-state index in [-0.39, 0.29) is 29.9 Å². The van der Waals surface area contributed by atoms with Gasteiger partial charge in [0.05, 0.1) is 19.2 Å². The third-order valence-electron chi connectivity index (χ3n) is 2.23. The number of carbonyl (C=O) groups is 1. The van der Waals surface area contributed by atoms with E-state index < -0.39 is 0 Å². The van der Waals surface area contributed by atoms with Gasteiger partial charge < -0.3 is 15.8 Å². The fourth-order valence-corrected chi connectivity index (χ4v) is 1.27. The maximum atomic E-state index is 11.2. The topological polar surface area (TPSA) is 76.7 Å². The summed E-state index contributed by atoms with van der Waals surface area (Å²) in [6.07, 6.45) is 1.70. The summed E-state index contributed by atoms with van der Waals surface area (Å²) in [5.41, 5.74) is 7.10. The van der Waals surface area contributed by atoms with Crippen molar-refractivity contribution in [2.24, 2.45) is 10.7 Å². The van der Waals surface area contributed by atoms with Crippen LogP contribution in [0.1, 0.15) is 15.9 Å². The van der Waals surface area contributed by atoms with Crippen LogP contribution in [0, 0.1) is 0 Å². The molecule has 0 aromatic heterocycles. The predicted molar refractivity (Wildman–Crippen MR) is 86.7 cm³/mol. The fourth-order valence-electron chi connectivity index (χ4n) is 1.27. The number of nitrogens with two attached hydrogens (primary N) is 1. The maximum absolute atomic E-state index is 11.2. The van der Waals surface area contributed by atoms with Crippen LogP contribution < -0.4 is 11.1 Å². The van der Waals surface area contributed by atoms with E-state index in [4.69, 9.17) is 5.73 Å². The molecule has 0 aliphatic carbocycles. The Kier molecular flexibility index (Phi) is 8.60. The van der Waals surface area contributed by atoms with Crippen molar-refractivity contribution in [1.82, 2.24) is 5.32 Å². The zero-order valence-electron chi connectivity index (χ0n) is 10.8. The van der Waals surface area contributed by atoms with E-state index in [9.17, 15) is 4.79 Å². The van der Waals surface area contributed by atoms with Gasteiger partial charge in [-0.3, -0.25) is 0 Å².